The van der Waals surface area contributed by atoms with Crippen molar-refractivity contribution in [2.24, 2.45) is 0 Å². The molecular formula is C13H13N3O. The number of aromatic nitrogens is 1. The minimum Gasteiger partial charge on any atom is -0.444 e. The highest BCUT2D eigenvalue weighted by molar-refractivity contribution is 5.54. The Balaban J connectivity index is 2.16. The Kier molecular flexibility index (Phi) is 3.53. The standard InChI is InChI=1S/C13H13N3O/c1-2-15-8-12-9-17-13(16-12)11-5-3-10(7-14)4-6-11/h3-6,9,15H,2,8H2,1H3. The van der Waals surface area contributed by atoms with E-state index in [1.165, 1.54) is 0 Å². The Morgan fingerprint density at radius 1 is 1.35 bits per heavy atom. The largest absolute Gasteiger partial charge is 0.444 e. The van der Waals surface area contributed by atoms with Gasteiger partial charge in [-0.1, -0.05) is 6.92 Å². The maximum absolute atomic E-state index is 8.70. The zero-order valence-electron chi connectivity index (χ0n) is 9.60. The first-order valence-electron chi connectivity index (χ1n) is 5.49. The minimum absolute atomic E-state index is 0.586. The van der Waals surface area contributed by atoms with Gasteiger partial charge in [0.15, 0.2) is 0 Å². The molecule has 0 amide bonds. The van der Waals surface area contributed by atoms with Gasteiger partial charge < -0.3 is 9.73 Å². The van der Waals surface area contributed by atoms with Crippen molar-refractivity contribution in [3.05, 3.63) is 41.8 Å². The normalized spacial score (nSPS) is 10.1. The summed E-state index contributed by atoms with van der Waals surface area (Å²) < 4.78 is 5.39. The van der Waals surface area contributed by atoms with Gasteiger partial charge in [-0.15, -0.1) is 0 Å². The third kappa shape index (κ3) is 2.71. The lowest BCUT2D eigenvalue weighted by atomic mass is 10.1. The molecular weight excluding hydrogens is 214 g/mol. The van der Waals surface area contributed by atoms with E-state index in [0.29, 0.717) is 18.0 Å². The second-order valence-electron chi connectivity index (χ2n) is 3.61. The van der Waals surface area contributed by atoms with Crippen molar-refractivity contribution < 1.29 is 4.42 Å². The first-order chi connectivity index (χ1) is 8.33. The van der Waals surface area contributed by atoms with Crippen molar-refractivity contribution in [3.63, 3.8) is 0 Å². The summed E-state index contributed by atoms with van der Waals surface area (Å²) in [4.78, 5) is 4.36. The molecule has 0 spiro atoms. The van der Waals surface area contributed by atoms with Gasteiger partial charge in [-0.25, -0.2) is 4.98 Å². The van der Waals surface area contributed by atoms with Crippen LogP contribution in [0.5, 0.6) is 0 Å². The fourth-order valence-corrected chi connectivity index (χ4v) is 1.46. The van der Waals surface area contributed by atoms with Gasteiger partial charge in [-0.2, -0.15) is 5.26 Å². The molecule has 86 valence electrons. The molecule has 4 heteroatoms. The summed E-state index contributed by atoms with van der Waals surface area (Å²) in [7, 11) is 0. The van der Waals surface area contributed by atoms with Crippen molar-refractivity contribution in [3.8, 4) is 17.5 Å². The van der Waals surface area contributed by atoms with Crippen molar-refractivity contribution in [1.82, 2.24) is 10.3 Å². The van der Waals surface area contributed by atoms with Gasteiger partial charge >= 0.3 is 0 Å². The van der Waals surface area contributed by atoms with Crippen LogP contribution < -0.4 is 5.32 Å². The molecule has 1 heterocycles. The van der Waals surface area contributed by atoms with Gasteiger partial charge in [0.25, 0.3) is 0 Å². The Morgan fingerprint density at radius 2 is 2.12 bits per heavy atom. The van der Waals surface area contributed by atoms with Crippen LogP contribution in [0, 0.1) is 11.3 Å². The molecule has 2 rings (SSSR count). The third-order valence-electron chi connectivity index (χ3n) is 2.37. The van der Waals surface area contributed by atoms with Gasteiger partial charge in [-0.05, 0) is 30.8 Å². The number of benzene rings is 1. The summed E-state index contributed by atoms with van der Waals surface area (Å²) in [5.41, 5.74) is 2.39. The fraction of sp³-hybridized carbons (Fsp3) is 0.231. The average Bonchev–Trinajstić information content (AvgIpc) is 2.85. The Morgan fingerprint density at radius 3 is 2.76 bits per heavy atom. The predicted molar refractivity (Wildman–Crippen MR) is 64.0 cm³/mol. The lowest BCUT2D eigenvalue weighted by Gasteiger charge is -1.95. The maximum Gasteiger partial charge on any atom is 0.226 e. The maximum atomic E-state index is 8.70. The fourth-order valence-electron chi connectivity index (χ4n) is 1.46. The second kappa shape index (κ2) is 5.28. The first-order valence-corrected chi connectivity index (χ1v) is 5.49. The molecule has 1 N–H and O–H groups in total. The van der Waals surface area contributed by atoms with Crippen LogP contribution in [0.25, 0.3) is 11.5 Å². The molecule has 0 atom stereocenters. The Labute approximate surface area is 99.9 Å². The number of nitriles is 1. The molecule has 0 fully saturated rings. The summed E-state index contributed by atoms with van der Waals surface area (Å²) >= 11 is 0. The molecule has 0 radical (unpaired) electrons. The molecule has 4 nitrogen and oxygen atoms in total. The van der Waals surface area contributed by atoms with Crippen molar-refractivity contribution in [1.29, 1.82) is 5.26 Å². The highest BCUT2D eigenvalue weighted by Crippen LogP contribution is 2.18. The molecule has 1 aromatic heterocycles. The summed E-state index contributed by atoms with van der Waals surface area (Å²) in [6.07, 6.45) is 1.65. The summed E-state index contributed by atoms with van der Waals surface area (Å²) in [5, 5.41) is 11.9. The SMILES string of the molecule is CCNCc1coc(-c2ccc(C#N)cc2)n1. The number of rotatable bonds is 4. The molecule has 0 aliphatic rings. The molecule has 0 bridgehead atoms. The smallest absolute Gasteiger partial charge is 0.226 e. The molecule has 1 aromatic carbocycles. The van der Waals surface area contributed by atoms with Crippen molar-refractivity contribution >= 4 is 0 Å². The third-order valence-corrected chi connectivity index (χ3v) is 2.37. The molecule has 2 aromatic rings. The van der Waals surface area contributed by atoms with E-state index in [4.69, 9.17) is 9.68 Å². The van der Waals surface area contributed by atoms with Gasteiger partial charge in [0.05, 0.1) is 17.3 Å². The molecule has 0 saturated carbocycles. The van der Waals surface area contributed by atoms with E-state index in [-0.39, 0.29) is 0 Å². The van der Waals surface area contributed by atoms with Gasteiger partial charge in [0.1, 0.15) is 6.26 Å². The number of hydrogen-bond donors (Lipinski definition) is 1. The summed E-state index contributed by atoms with van der Waals surface area (Å²) in [6, 6.07) is 9.25. The molecule has 0 aliphatic heterocycles. The minimum atomic E-state index is 0.586. The van der Waals surface area contributed by atoms with Crippen LogP contribution in [0.4, 0.5) is 0 Å². The van der Waals surface area contributed by atoms with Crippen LogP contribution in [-0.2, 0) is 6.54 Å². The van der Waals surface area contributed by atoms with E-state index in [9.17, 15) is 0 Å². The number of nitrogens with one attached hydrogen (secondary N) is 1. The molecule has 0 saturated heterocycles. The average molecular weight is 227 g/mol. The monoisotopic (exact) mass is 227 g/mol. The van der Waals surface area contributed by atoms with E-state index < -0.39 is 0 Å². The van der Waals surface area contributed by atoms with E-state index in [0.717, 1.165) is 17.8 Å². The quantitative estimate of drug-likeness (QED) is 0.870. The molecule has 0 unspecified atom stereocenters. The lowest BCUT2D eigenvalue weighted by Crippen LogP contribution is -2.11. The molecule has 0 aliphatic carbocycles. The zero-order chi connectivity index (χ0) is 12.1. The van der Waals surface area contributed by atoms with Crippen LogP contribution in [0.15, 0.2) is 34.9 Å². The van der Waals surface area contributed by atoms with E-state index in [1.54, 1.807) is 18.4 Å². The molecule has 17 heavy (non-hydrogen) atoms. The topological polar surface area (TPSA) is 61.9 Å². The van der Waals surface area contributed by atoms with Crippen LogP contribution in [0.2, 0.25) is 0 Å². The van der Waals surface area contributed by atoms with E-state index in [2.05, 4.69) is 16.4 Å². The van der Waals surface area contributed by atoms with Crippen LogP contribution in [-0.4, -0.2) is 11.5 Å². The Hall–Kier alpha value is -2.12. The number of nitrogens with zero attached hydrogens (tertiary/aromatic N) is 2. The number of hydrogen-bond acceptors (Lipinski definition) is 4. The van der Waals surface area contributed by atoms with Gasteiger partial charge in [-0.3, -0.25) is 0 Å². The highest BCUT2D eigenvalue weighted by atomic mass is 16.3. The Bertz CT molecular complexity index is 522. The lowest BCUT2D eigenvalue weighted by molar-refractivity contribution is 0.570. The summed E-state index contributed by atoms with van der Waals surface area (Å²) in [6.45, 7) is 3.65. The highest BCUT2D eigenvalue weighted by Gasteiger charge is 2.06. The van der Waals surface area contributed by atoms with Gasteiger partial charge in [0.2, 0.25) is 5.89 Å². The van der Waals surface area contributed by atoms with Gasteiger partial charge in [0, 0.05) is 12.1 Å². The first kappa shape index (κ1) is 11.4. The van der Waals surface area contributed by atoms with Crippen LogP contribution in [0.1, 0.15) is 18.2 Å². The predicted octanol–water partition coefficient (Wildman–Crippen LogP) is 2.32. The van der Waals surface area contributed by atoms with Crippen molar-refractivity contribution in [2.75, 3.05) is 6.54 Å². The summed E-state index contributed by atoms with van der Waals surface area (Å²) in [5.74, 6) is 0.586. The van der Waals surface area contributed by atoms with Crippen LogP contribution in [0.3, 0.4) is 0 Å². The van der Waals surface area contributed by atoms with E-state index in [1.807, 2.05) is 19.1 Å². The van der Waals surface area contributed by atoms with Crippen molar-refractivity contribution in [2.45, 2.75) is 13.5 Å². The second-order valence-corrected chi connectivity index (χ2v) is 3.61. The number of oxazole rings is 1. The van der Waals surface area contributed by atoms with E-state index >= 15 is 0 Å². The van der Waals surface area contributed by atoms with Crippen LogP contribution >= 0.6 is 0 Å². The zero-order valence-corrected chi connectivity index (χ0v) is 9.60.